The lowest BCUT2D eigenvalue weighted by molar-refractivity contribution is -0.114. The summed E-state index contributed by atoms with van der Waals surface area (Å²) in [5, 5.41) is 2.99. The number of hydrogen-bond acceptors (Lipinski definition) is 3. The Hall–Kier alpha value is -2.60. The minimum Gasteiger partial charge on any atom is -0.334 e. The average molecular weight is 360 g/mol. The summed E-state index contributed by atoms with van der Waals surface area (Å²) >= 11 is 6.19. The number of hydrogen-bond donors (Lipinski definition) is 1. The molecule has 1 aliphatic rings. The summed E-state index contributed by atoms with van der Waals surface area (Å²) < 4.78 is 1.51. The first-order chi connectivity index (χ1) is 11.8. The van der Waals surface area contributed by atoms with Crippen LogP contribution in [0, 0.1) is 0 Å². The molecule has 2 amide bonds. The molecule has 0 saturated carbocycles. The van der Waals surface area contributed by atoms with Gasteiger partial charge in [-0.15, -0.1) is 0 Å². The van der Waals surface area contributed by atoms with Gasteiger partial charge in [0.1, 0.15) is 0 Å². The summed E-state index contributed by atoms with van der Waals surface area (Å²) in [4.78, 5) is 37.5. The van der Waals surface area contributed by atoms with Gasteiger partial charge in [0.15, 0.2) is 0 Å². The first kappa shape index (κ1) is 17.2. The number of aryl methyl sites for hydroxylation is 1. The van der Waals surface area contributed by atoms with Gasteiger partial charge in [0, 0.05) is 45.0 Å². The molecule has 6 nitrogen and oxygen atoms in total. The van der Waals surface area contributed by atoms with E-state index in [-0.39, 0.29) is 17.4 Å². The molecular weight excluding hydrogens is 342 g/mol. The van der Waals surface area contributed by atoms with E-state index in [1.807, 2.05) is 0 Å². The van der Waals surface area contributed by atoms with Crippen LogP contribution >= 0.6 is 11.6 Å². The van der Waals surface area contributed by atoms with Crippen LogP contribution < -0.4 is 10.9 Å². The Morgan fingerprint density at radius 3 is 2.68 bits per heavy atom. The molecule has 1 aromatic heterocycles. The highest BCUT2D eigenvalue weighted by Crippen LogP contribution is 2.25. The minimum absolute atomic E-state index is 0.0513. The zero-order valence-corrected chi connectivity index (χ0v) is 14.8. The molecule has 0 atom stereocenters. The summed E-state index contributed by atoms with van der Waals surface area (Å²) in [5.74, 6) is -0.412. The first-order valence-corrected chi connectivity index (χ1v) is 8.28. The SMILES string of the molecule is CC(=O)Nc1ccc(Cl)c(C(=O)N2CCc3cc(=O)n(C)cc3C2)c1. The topological polar surface area (TPSA) is 71.4 Å². The Bertz CT molecular complexity index is 920. The predicted molar refractivity (Wildman–Crippen MR) is 95.9 cm³/mol. The van der Waals surface area contributed by atoms with E-state index in [1.54, 1.807) is 42.4 Å². The van der Waals surface area contributed by atoms with E-state index in [4.69, 9.17) is 11.6 Å². The van der Waals surface area contributed by atoms with Crippen molar-refractivity contribution in [3.05, 3.63) is 62.5 Å². The van der Waals surface area contributed by atoms with Gasteiger partial charge in [-0.3, -0.25) is 14.4 Å². The third-order valence-electron chi connectivity index (χ3n) is 4.22. The van der Waals surface area contributed by atoms with Crippen molar-refractivity contribution in [1.82, 2.24) is 9.47 Å². The van der Waals surface area contributed by atoms with E-state index in [1.165, 1.54) is 11.5 Å². The Kier molecular flexibility index (Phi) is 4.63. The molecule has 1 aliphatic heterocycles. The number of fused-ring (bicyclic) bond motifs is 1. The van der Waals surface area contributed by atoms with Crippen LogP contribution in [0.5, 0.6) is 0 Å². The number of carbonyl (C=O) groups is 2. The maximum atomic E-state index is 12.9. The van der Waals surface area contributed by atoms with Gasteiger partial charge in [0.2, 0.25) is 5.91 Å². The fourth-order valence-electron chi connectivity index (χ4n) is 2.95. The molecule has 2 aromatic rings. The van der Waals surface area contributed by atoms with Crippen molar-refractivity contribution >= 4 is 29.1 Å². The van der Waals surface area contributed by atoms with Gasteiger partial charge in [-0.1, -0.05) is 11.6 Å². The van der Waals surface area contributed by atoms with Crippen molar-refractivity contribution in [1.29, 1.82) is 0 Å². The van der Waals surface area contributed by atoms with Gasteiger partial charge in [-0.2, -0.15) is 0 Å². The lowest BCUT2D eigenvalue weighted by Gasteiger charge is -2.29. The van der Waals surface area contributed by atoms with E-state index in [9.17, 15) is 14.4 Å². The Balaban J connectivity index is 1.88. The van der Waals surface area contributed by atoms with Gasteiger partial charge in [-0.05, 0) is 35.7 Å². The fraction of sp³-hybridized carbons (Fsp3) is 0.278. The monoisotopic (exact) mass is 359 g/mol. The molecule has 1 aromatic carbocycles. The van der Waals surface area contributed by atoms with Crippen LogP contribution in [0.1, 0.15) is 28.4 Å². The normalized spacial score (nSPS) is 13.3. The van der Waals surface area contributed by atoms with Gasteiger partial charge in [0.25, 0.3) is 11.5 Å². The quantitative estimate of drug-likeness (QED) is 0.893. The second-order valence-corrected chi connectivity index (χ2v) is 6.53. The number of aromatic nitrogens is 1. The summed E-state index contributed by atoms with van der Waals surface area (Å²) in [5.41, 5.74) is 2.76. The van der Waals surface area contributed by atoms with Crippen molar-refractivity contribution in [2.45, 2.75) is 19.9 Å². The molecule has 0 aliphatic carbocycles. The van der Waals surface area contributed by atoms with E-state index in [0.717, 1.165) is 11.1 Å². The average Bonchev–Trinajstić information content (AvgIpc) is 2.56. The number of amides is 2. The van der Waals surface area contributed by atoms with Crippen LogP contribution in [0.15, 0.2) is 35.3 Å². The van der Waals surface area contributed by atoms with Crippen molar-refractivity contribution < 1.29 is 9.59 Å². The van der Waals surface area contributed by atoms with Crippen molar-refractivity contribution in [3.63, 3.8) is 0 Å². The first-order valence-electron chi connectivity index (χ1n) is 7.90. The summed E-state index contributed by atoms with van der Waals surface area (Å²) in [6.45, 7) is 2.34. The maximum Gasteiger partial charge on any atom is 0.255 e. The number of carbonyl (C=O) groups excluding carboxylic acids is 2. The standard InChI is InChI=1S/C18H18ClN3O3/c1-11(23)20-14-3-4-16(19)15(8-14)18(25)22-6-5-12-7-17(24)21(2)9-13(12)10-22/h3-4,7-9H,5-6,10H2,1-2H3,(H,20,23). The molecule has 3 rings (SSSR count). The van der Waals surface area contributed by atoms with Crippen molar-refractivity contribution in [2.24, 2.45) is 7.05 Å². The second-order valence-electron chi connectivity index (χ2n) is 6.13. The third-order valence-corrected chi connectivity index (χ3v) is 4.55. The number of rotatable bonds is 2. The third kappa shape index (κ3) is 3.58. The maximum absolute atomic E-state index is 12.9. The fourth-order valence-corrected chi connectivity index (χ4v) is 3.15. The van der Waals surface area contributed by atoms with Crippen LogP contribution in [-0.2, 0) is 24.8 Å². The number of halogens is 1. The molecule has 0 saturated heterocycles. The van der Waals surface area contributed by atoms with E-state index < -0.39 is 0 Å². The number of anilines is 1. The molecule has 1 N–H and O–H groups in total. The number of pyridine rings is 1. The van der Waals surface area contributed by atoms with Gasteiger partial charge in [-0.25, -0.2) is 0 Å². The Morgan fingerprint density at radius 1 is 1.20 bits per heavy atom. The van der Waals surface area contributed by atoms with Crippen LogP contribution in [0.4, 0.5) is 5.69 Å². The zero-order valence-electron chi connectivity index (χ0n) is 14.0. The minimum atomic E-state index is -0.214. The van der Waals surface area contributed by atoms with Crippen LogP contribution in [0.3, 0.4) is 0 Å². The van der Waals surface area contributed by atoms with Crippen molar-refractivity contribution in [3.8, 4) is 0 Å². The molecule has 0 unspecified atom stereocenters. The largest absolute Gasteiger partial charge is 0.334 e. The van der Waals surface area contributed by atoms with E-state index >= 15 is 0 Å². The van der Waals surface area contributed by atoms with Crippen LogP contribution in [-0.4, -0.2) is 27.8 Å². The van der Waals surface area contributed by atoms with E-state index in [0.29, 0.717) is 35.8 Å². The highest BCUT2D eigenvalue weighted by Gasteiger charge is 2.24. The van der Waals surface area contributed by atoms with Crippen LogP contribution in [0.2, 0.25) is 5.02 Å². The lowest BCUT2D eigenvalue weighted by Crippen LogP contribution is -2.37. The molecular formula is C18H18ClN3O3. The van der Waals surface area contributed by atoms with Gasteiger partial charge < -0.3 is 14.8 Å². The highest BCUT2D eigenvalue weighted by atomic mass is 35.5. The molecule has 2 heterocycles. The lowest BCUT2D eigenvalue weighted by atomic mass is 10.0. The molecule has 0 radical (unpaired) electrons. The predicted octanol–water partition coefficient (Wildman–Crippen LogP) is 2.20. The summed E-state index contributed by atoms with van der Waals surface area (Å²) in [6, 6.07) is 6.47. The second kappa shape index (κ2) is 6.72. The van der Waals surface area contributed by atoms with Gasteiger partial charge >= 0.3 is 0 Å². The van der Waals surface area contributed by atoms with E-state index in [2.05, 4.69) is 5.32 Å². The highest BCUT2D eigenvalue weighted by molar-refractivity contribution is 6.34. The van der Waals surface area contributed by atoms with Gasteiger partial charge in [0.05, 0.1) is 10.6 Å². The summed E-state index contributed by atoms with van der Waals surface area (Å²) in [7, 11) is 1.69. The molecule has 130 valence electrons. The van der Waals surface area contributed by atoms with Crippen LogP contribution in [0.25, 0.3) is 0 Å². The number of nitrogens with zero attached hydrogens (tertiary/aromatic N) is 2. The van der Waals surface area contributed by atoms with Crippen molar-refractivity contribution in [2.75, 3.05) is 11.9 Å². The molecule has 25 heavy (non-hydrogen) atoms. The summed E-state index contributed by atoms with van der Waals surface area (Å²) in [6.07, 6.45) is 2.40. The Labute approximate surface area is 150 Å². The smallest absolute Gasteiger partial charge is 0.255 e. The Morgan fingerprint density at radius 2 is 1.96 bits per heavy atom. The molecule has 0 spiro atoms. The molecule has 7 heteroatoms. The molecule has 0 bridgehead atoms. The number of nitrogens with one attached hydrogen (secondary N) is 1. The molecule has 0 fully saturated rings. The zero-order chi connectivity index (χ0) is 18.1. The number of benzene rings is 1.